The molecule has 0 fully saturated rings. The van der Waals surface area contributed by atoms with Gasteiger partial charge in [-0.1, -0.05) is 30.3 Å². The molecule has 2 aromatic heterocycles. The van der Waals surface area contributed by atoms with Crippen LogP contribution in [-0.4, -0.2) is 30.8 Å². The molecular formula is C19H23N5O. The highest BCUT2D eigenvalue weighted by Crippen LogP contribution is 2.26. The Morgan fingerprint density at radius 1 is 1.20 bits per heavy atom. The topological polar surface area (TPSA) is 56.0 Å². The van der Waals surface area contributed by atoms with Gasteiger partial charge in [-0.2, -0.15) is 5.10 Å². The summed E-state index contributed by atoms with van der Waals surface area (Å²) < 4.78 is 3.65. The molecule has 1 aliphatic rings. The van der Waals surface area contributed by atoms with E-state index < -0.39 is 0 Å². The van der Waals surface area contributed by atoms with Gasteiger partial charge in [0, 0.05) is 25.7 Å². The van der Waals surface area contributed by atoms with Gasteiger partial charge >= 0.3 is 0 Å². The van der Waals surface area contributed by atoms with Crippen LogP contribution in [0.1, 0.15) is 44.2 Å². The third kappa shape index (κ3) is 2.66. The zero-order valence-electron chi connectivity index (χ0n) is 14.9. The molecule has 6 heteroatoms. The van der Waals surface area contributed by atoms with E-state index in [2.05, 4.69) is 55.0 Å². The quantitative estimate of drug-likeness (QED) is 0.737. The van der Waals surface area contributed by atoms with Crippen LogP contribution in [0.2, 0.25) is 0 Å². The molecule has 6 nitrogen and oxygen atoms in total. The Hall–Kier alpha value is -2.47. The lowest BCUT2D eigenvalue weighted by Gasteiger charge is -2.35. The first-order valence-corrected chi connectivity index (χ1v) is 8.82. The molecule has 3 aromatic rings. The maximum absolute atomic E-state index is 12.9. The van der Waals surface area contributed by atoms with Crippen molar-refractivity contribution < 1.29 is 0 Å². The van der Waals surface area contributed by atoms with E-state index >= 15 is 0 Å². The van der Waals surface area contributed by atoms with Crippen molar-refractivity contribution in [1.29, 1.82) is 0 Å². The SMILES string of the molecule is CC1c2nc3c(cnn3C(C)C)c(=O)n2CCN1Cc1ccccc1. The summed E-state index contributed by atoms with van der Waals surface area (Å²) in [6.45, 7) is 8.60. The molecule has 1 aliphatic heterocycles. The highest BCUT2D eigenvalue weighted by atomic mass is 16.1. The summed E-state index contributed by atoms with van der Waals surface area (Å²) in [6, 6.07) is 10.7. The Labute approximate surface area is 146 Å². The second kappa shape index (κ2) is 6.11. The zero-order chi connectivity index (χ0) is 17.6. The number of aromatic nitrogens is 4. The second-order valence-electron chi connectivity index (χ2n) is 6.98. The number of rotatable bonds is 3. The summed E-state index contributed by atoms with van der Waals surface area (Å²) in [5.74, 6) is 0.835. The second-order valence-corrected chi connectivity index (χ2v) is 6.98. The molecule has 0 bridgehead atoms. The van der Waals surface area contributed by atoms with E-state index in [0.717, 1.165) is 18.9 Å². The zero-order valence-corrected chi connectivity index (χ0v) is 14.9. The number of fused-ring (bicyclic) bond motifs is 2. The molecule has 25 heavy (non-hydrogen) atoms. The van der Waals surface area contributed by atoms with Crippen molar-refractivity contribution in [3.63, 3.8) is 0 Å². The summed E-state index contributed by atoms with van der Waals surface area (Å²) in [7, 11) is 0. The summed E-state index contributed by atoms with van der Waals surface area (Å²) in [5.41, 5.74) is 2.00. The molecule has 0 N–H and O–H groups in total. The summed E-state index contributed by atoms with van der Waals surface area (Å²) in [4.78, 5) is 20.1. The number of hydrogen-bond donors (Lipinski definition) is 0. The minimum atomic E-state index is 0.0260. The minimum Gasteiger partial charge on any atom is -0.293 e. The lowest BCUT2D eigenvalue weighted by atomic mass is 10.1. The van der Waals surface area contributed by atoms with Crippen LogP contribution in [0.5, 0.6) is 0 Å². The first kappa shape index (κ1) is 16.0. The van der Waals surface area contributed by atoms with Crippen LogP contribution in [0, 0.1) is 0 Å². The van der Waals surface area contributed by atoms with Crippen LogP contribution < -0.4 is 5.56 Å². The van der Waals surface area contributed by atoms with Gasteiger partial charge in [-0.15, -0.1) is 0 Å². The van der Waals surface area contributed by atoms with Gasteiger partial charge < -0.3 is 0 Å². The van der Waals surface area contributed by atoms with Crippen molar-refractivity contribution in [3.8, 4) is 0 Å². The molecule has 0 saturated heterocycles. The number of hydrogen-bond acceptors (Lipinski definition) is 4. The Balaban J connectivity index is 1.76. The van der Waals surface area contributed by atoms with E-state index in [4.69, 9.17) is 4.98 Å². The summed E-state index contributed by atoms with van der Waals surface area (Å²) >= 11 is 0. The van der Waals surface area contributed by atoms with E-state index in [1.807, 2.05) is 15.3 Å². The van der Waals surface area contributed by atoms with E-state index in [1.54, 1.807) is 6.20 Å². The smallest absolute Gasteiger partial charge is 0.264 e. The van der Waals surface area contributed by atoms with Gasteiger partial charge in [0.25, 0.3) is 5.56 Å². The van der Waals surface area contributed by atoms with Crippen LogP contribution in [-0.2, 0) is 13.1 Å². The van der Waals surface area contributed by atoms with Crippen LogP contribution in [0.3, 0.4) is 0 Å². The largest absolute Gasteiger partial charge is 0.293 e. The van der Waals surface area contributed by atoms with E-state index in [1.165, 1.54) is 5.56 Å². The van der Waals surface area contributed by atoms with Crippen molar-refractivity contribution in [2.75, 3.05) is 6.54 Å². The first-order valence-electron chi connectivity index (χ1n) is 8.82. The average Bonchev–Trinajstić information content (AvgIpc) is 3.03. The van der Waals surface area contributed by atoms with Gasteiger partial charge in [0.1, 0.15) is 11.2 Å². The fraction of sp³-hybridized carbons (Fsp3) is 0.421. The van der Waals surface area contributed by atoms with Gasteiger partial charge in [0.05, 0.1) is 12.2 Å². The molecule has 0 saturated carbocycles. The molecule has 0 aliphatic carbocycles. The Kier molecular flexibility index (Phi) is 3.92. The van der Waals surface area contributed by atoms with Gasteiger partial charge in [0.2, 0.25) is 0 Å². The van der Waals surface area contributed by atoms with E-state index in [-0.39, 0.29) is 17.6 Å². The number of benzene rings is 1. The Morgan fingerprint density at radius 3 is 2.68 bits per heavy atom. The maximum Gasteiger partial charge on any atom is 0.264 e. The normalized spacial score (nSPS) is 18.0. The highest BCUT2D eigenvalue weighted by molar-refractivity contribution is 5.73. The van der Waals surface area contributed by atoms with Crippen molar-refractivity contribution in [2.24, 2.45) is 0 Å². The lowest BCUT2D eigenvalue weighted by molar-refractivity contribution is 0.152. The number of nitrogens with zero attached hydrogens (tertiary/aromatic N) is 5. The minimum absolute atomic E-state index is 0.0260. The fourth-order valence-corrected chi connectivity index (χ4v) is 3.57. The van der Waals surface area contributed by atoms with Crippen LogP contribution >= 0.6 is 0 Å². The third-order valence-electron chi connectivity index (χ3n) is 4.99. The van der Waals surface area contributed by atoms with Crippen molar-refractivity contribution in [3.05, 3.63) is 58.3 Å². The molecule has 1 aromatic carbocycles. The fourth-order valence-electron chi connectivity index (χ4n) is 3.57. The third-order valence-corrected chi connectivity index (χ3v) is 4.99. The summed E-state index contributed by atoms with van der Waals surface area (Å²) in [6.07, 6.45) is 1.65. The lowest BCUT2D eigenvalue weighted by Crippen LogP contribution is -2.42. The van der Waals surface area contributed by atoms with Crippen molar-refractivity contribution in [2.45, 2.75) is 45.9 Å². The van der Waals surface area contributed by atoms with E-state index in [0.29, 0.717) is 17.6 Å². The van der Waals surface area contributed by atoms with Gasteiger partial charge in [-0.3, -0.25) is 14.3 Å². The molecule has 3 heterocycles. The Morgan fingerprint density at radius 2 is 1.96 bits per heavy atom. The predicted octanol–water partition coefficient (Wildman–Crippen LogP) is 2.75. The van der Waals surface area contributed by atoms with Gasteiger partial charge in [-0.05, 0) is 26.3 Å². The molecule has 1 unspecified atom stereocenters. The molecule has 4 rings (SSSR count). The molecule has 1 atom stereocenters. The Bertz CT molecular complexity index is 957. The standard InChI is InChI=1S/C19H23N5O/c1-13(2)24-18-16(11-20-24)19(25)23-10-9-22(14(3)17(23)21-18)12-15-7-5-4-6-8-15/h4-8,11,13-14H,9-10,12H2,1-3H3. The monoisotopic (exact) mass is 337 g/mol. The van der Waals surface area contributed by atoms with Crippen LogP contribution in [0.15, 0.2) is 41.3 Å². The molecule has 0 spiro atoms. The molecular weight excluding hydrogens is 314 g/mol. The first-order chi connectivity index (χ1) is 12.1. The van der Waals surface area contributed by atoms with Crippen molar-refractivity contribution in [1.82, 2.24) is 24.2 Å². The van der Waals surface area contributed by atoms with Crippen LogP contribution in [0.4, 0.5) is 0 Å². The van der Waals surface area contributed by atoms with Gasteiger partial charge in [-0.25, -0.2) is 9.67 Å². The van der Waals surface area contributed by atoms with E-state index in [9.17, 15) is 4.79 Å². The highest BCUT2D eigenvalue weighted by Gasteiger charge is 2.28. The van der Waals surface area contributed by atoms with Crippen LogP contribution in [0.25, 0.3) is 11.0 Å². The molecule has 130 valence electrons. The van der Waals surface area contributed by atoms with Crippen molar-refractivity contribution >= 4 is 11.0 Å². The summed E-state index contributed by atoms with van der Waals surface area (Å²) in [5, 5.41) is 4.98. The molecule has 0 amide bonds. The average molecular weight is 337 g/mol. The maximum atomic E-state index is 12.9. The van der Waals surface area contributed by atoms with Gasteiger partial charge in [0.15, 0.2) is 5.65 Å². The molecule has 0 radical (unpaired) electrons. The predicted molar refractivity (Wildman–Crippen MR) is 97.4 cm³/mol.